The number of allylic oxidation sites excluding steroid dienone is 4. The second kappa shape index (κ2) is 12.1. The van der Waals surface area contributed by atoms with Crippen molar-refractivity contribution >= 4 is 49.3 Å². The summed E-state index contributed by atoms with van der Waals surface area (Å²) in [5.41, 5.74) is 10.8. The number of nitriles is 3. The number of hydrogen-bond donors (Lipinski definition) is 0. The van der Waals surface area contributed by atoms with Gasteiger partial charge in [0.05, 0.1) is 57.1 Å². The maximum absolute atomic E-state index is 10.1. The molecular formula is C46H29N5. The van der Waals surface area contributed by atoms with Gasteiger partial charge in [0.15, 0.2) is 0 Å². The molecule has 9 rings (SSSR count). The summed E-state index contributed by atoms with van der Waals surface area (Å²) in [5.74, 6) is -0.131. The zero-order valence-corrected chi connectivity index (χ0v) is 27.5. The Kier molecular flexibility index (Phi) is 7.10. The minimum atomic E-state index is -0.0867. The van der Waals surface area contributed by atoms with Crippen LogP contribution in [0.2, 0.25) is 0 Å². The summed E-state index contributed by atoms with van der Waals surface area (Å²) >= 11 is 0. The van der Waals surface area contributed by atoms with Crippen LogP contribution >= 0.6 is 0 Å². The predicted molar refractivity (Wildman–Crippen MR) is 205 cm³/mol. The van der Waals surface area contributed by atoms with E-state index in [1.165, 1.54) is 0 Å². The van der Waals surface area contributed by atoms with E-state index in [1.807, 2.05) is 48.5 Å². The Bertz CT molecular complexity index is 2900. The van der Waals surface area contributed by atoms with Gasteiger partial charge in [0.1, 0.15) is 0 Å². The van der Waals surface area contributed by atoms with E-state index in [-0.39, 0.29) is 11.8 Å². The second-order valence-corrected chi connectivity index (χ2v) is 13.0. The number of hydrogen-bond acceptors (Lipinski definition) is 3. The molecule has 2 atom stereocenters. The molecular weight excluding hydrogens is 623 g/mol. The highest BCUT2D eigenvalue weighted by molar-refractivity contribution is 6.13. The average molecular weight is 652 g/mol. The summed E-state index contributed by atoms with van der Waals surface area (Å²) in [5, 5.41) is 33.9. The molecule has 0 saturated heterocycles. The molecule has 6 aromatic carbocycles. The summed E-state index contributed by atoms with van der Waals surface area (Å²) < 4.78 is 4.53. The lowest BCUT2D eigenvalue weighted by molar-refractivity contribution is 0.591. The van der Waals surface area contributed by atoms with Crippen molar-refractivity contribution in [1.29, 1.82) is 15.8 Å². The van der Waals surface area contributed by atoms with Crippen LogP contribution in [0, 0.1) is 39.9 Å². The van der Waals surface area contributed by atoms with Crippen molar-refractivity contribution in [2.45, 2.75) is 12.3 Å². The predicted octanol–water partition coefficient (Wildman–Crippen LogP) is 11.0. The third-order valence-corrected chi connectivity index (χ3v) is 10.3. The van der Waals surface area contributed by atoms with Gasteiger partial charge in [0.2, 0.25) is 0 Å². The van der Waals surface area contributed by atoms with Crippen molar-refractivity contribution < 1.29 is 0 Å². The summed E-state index contributed by atoms with van der Waals surface area (Å²) in [6.07, 6.45) is 7.01. The Morgan fingerprint density at radius 1 is 0.569 bits per heavy atom. The molecule has 5 heteroatoms. The van der Waals surface area contributed by atoms with E-state index in [4.69, 9.17) is 0 Å². The molecule has 238 valence electrons. The highest BCUT2D eigenvalue weighted by Crippen LogP contribution is 2.44. The second-order valence-electron chi connectivity index (χ2n) is 13.0. The van der Waals surface area contributed by atoms with Crippen LogP contribution < -0.4 is 0 Å². The first-order chi connectivity index (χ1) is 25.2. The summed E-state index contributed by atoms with van der Waals surface area (Å²) in [7, 11) is 0. The van der Waals surface area contributed by atoms with Gasteiger partial charge in [-0.25, -0.2) is 0 Å². The van der Waals surface area contributed by atoms with E-state index < -0.39 is 0 Å². The van der Waals surface area contributed by atoms with Gasteiger partial charge in [-0.1, -0.05) is 97.1 Å². The highest BCUT2D eigenvalue weighted by Gasteiger charge is 2.28. The van der Waals surface area contributed by atoms with Crippen LogP contribution in [0.1, 0.15) is 29.0 Å². The van der Waals surface area contributed by atoms with Crippen molar-refractivity contribution in [3.8, 4) is 35.0 Å². The minimum Gasteiger partial charge on any atom is -0.310 e. The van der Waals surface area contributed by atoms with E-state index in [2.05, 4.69) is 130 Å². The molecule has 2 unspecified atom stereocenters. The summed E-state index contributed by atoms with van der Waals surface area (Å²) in [6, 6.07) is 52.5. The van der Waals surface area contributed by atoms with Crippen molar-refractivity contribution in [1.82, 2.24) is 9.13 Å². The van der Waals surface area contributed by atoms with Crippen LogP contribution in [0.5, 0.6) is 0 Å². The molecule has 51 heavy (non-hydrogen) atoms. The van der Waals surface area contributed by atoms with Gasteiger partial charge in [-0.05, 0) is 65.7 Å². The minimum absolute atomic E-state index is 0.0447. The first-order valence-electron chi connectivity index (χ1n) is 17.0. The molecule has 0 fully saturated rings. The quantitative estimate of drug-likeness (QED) is 0.186. The van der Waals surface area contributed by atoms with E-state index in [9.17, 15) is 15.8 Å². The van der Waals surface area contributed by atoms with Gasteiger partial charge in [0.25, 0.3) is 0 Å². The number of aromatic nitrogens is 2. The summed E-state index contributed by atoms with van der Waals surface area (Å²) in [6.45, 7) is 0. The van der Waals surface area contributed by atoms with E-state index >= 15 is 0 Å². The molecule has 8 aromatic rings. The lowest BCUT2D eigenvalue weighted by atomic mass is 9.78. The Hall–Kier alpha value is -7.13. The largest absolute Gasteiger partial charge is 0.310 e. The SMILES string of the molecule is N#CCC1C=C(n2c3ccccc3c3c(C#N)cccc32)C=CC1c1ccccc1-c1ccccc1-n1c2ccccc2c2cc(C#N)ccc21. The molecule has 1 aliphatic rings. The molecule has 0 spiro atoms. The van der Waals surface area contributed by atoms with Gasteiger partial charge in [-0.2, -0.15) is 15.8 Å². The Balaban J connectivity index is 1.20. The van der Waals surface area contributed by atoms with Gasteiger partial charge >= 0.3 is 0 Å². The van der Waals surface area contributed by atoms with Gasteiger partial charge in [0, 0.05) is 51.1 Å². The maximum Gasteiger partial charge on any atom is 0.0998 e. The third kappa shape index (κ3) is 4.67. The smallest absolute Gasteiger partial charge is 0.0998 e. The van der Waals surface area contributed by atoms with Crippen LogP contribution in [-0.4, -0.2) is 9.13 Å². The molecule has 5 nitrogen and oxygen atoms in total. The molecule has 0 amide bonds. The zero-order chi connectivity index (χ0) is 34.5. The average Bonchev–Trinajstić information content (AvgIpc) is 3.71. The number of nitrogens with zero attached hydrogens (tertiary/aromatic N) is 5. The number of rotatable bonds is 5. The first kappa shape index (κ1) is 30.0. The fraction of sp³-hybridized carbons (Fsp3) is 0.0652. The standard InChI is InChI=1S/C46H29N5/c47-25-24-31-27-33(50-43-18-8-5-15-39(43)46-32(29-49)10-9-19-45(46)50)21-22-34(31)35-11-1-2-12-36(35)37-13-3-6-16-41(37)51-42-17-7-4-14-38(42)40-26-30(28-48)20-23-44(40)51/h1-23,26-27,31,34H,24H2. The zero-order valence-electron chi connectivity index (χ0n) is 27.5. The molecule has 2 aromatic heterocycles. The van der Waals surface area contributed by atoms with Crippen LogP contribution in [0.4, 0.5) is 0 Å². The molecule has 0 N–H and O–H groups in total. The van der Waals surface area contributed by atoms with E-state index in [1.54, 1.807) is 0 Å². The lowest BCUT2D eigenvalue weighted by Crippen LogP contribution is -2.15. The molecule has 1 aliphatic carbocycles. The van der Waals surface area contributed by atoms with Gasteiger partial charge in [-0.3, -0.25) is 0 Å². The van der Waals surface area contributed by atoms with E-state index in [0.717, 1.165) is 71.7 Å². The molecule has 0 saturated carbocycles. The van der Waals surface area contributed by atoms with Crippen LogP contribution in [0.3, 0.4) is 0 Å². The molecule has 0 radical (unpaired) electrons. The number of fused-ring (bicyclic) bond motifs is 6. The Morgan fingerprint density at radius 2 is 1.25 bits per heavy atom. The van der Waals surface area contributed by atoms with Crippen LogP contribution in [0.25, 0.3) is 66.1 Å². The molecule has 0 bridgehead atoms. The Labute approximate surface area is 295 Å². The van der Waals surface area contributed by atoms with E-state index in [0.29, 0.717) is 17.5 Å². The van der Waals surface area contributed by atoms with Crippen molar-refractivity contribution in [3.05, 3.63) is 168 Å². The summed E-state index contributed by atoms with van der Waals surface area (Å²) in [4.78, 5) is 0. The fourth-order valence-electron chi connectivity index (χ4n) is 8.12. The van der Waals surface area contributed by atoms with Crippen LogP contribution in [0.15, 0.2) is 152 Å². The third-order valence-electron chi connectivity index (χ3n) is 10.3. The number of para-hydroxylation sites is 3. The maximum atomic E-state index is 10.1. The van der Waals surface area contributed by atoms with Crippen molar-refractivity contribution in [2.24, 2.45) is 5.92 Å². The van der Waals surface area contributed by atoms with Crippen LogP contribution in [-0.2, 0) is 0 Å². The molecule has 2 heterocycles. The lowest BCUT2D eigenvalue weighted by Gasteiger charge is -2.28. The molecule has 0 aliphatic heterocycles. The Morgan fingerprint density at radius 3 is 2.06 bits per heavy atom. The monoisotopic (exact) mass is 651 g/mol. The van der Waals surface area contributed by atoms with Gasteiger partial charge in [-0.15, -0.1) is 0 Å². The number of benzene rings is 6. The van der Waals surface area contributed by atoms with Gasteiger partial charge < -0.3 is 9.13 Å². The van der Waals surface area contributed by atoms with Crippen molar-refractivity contribution in [3.63, 3.8) is 0 Å². The highest BCUT2D eigenvalue weighted by atomic mass is 15.0. The topological polar surface area (TPSA) is 81.2 Å². The van der Waals surface area contributed by atoms with Crippen molar-refractivity contribution in [2.75, 3.05) is 0 Å². The fourth-order valence-corrected chi connectivity index (χ4v) is 8.12. The first-order valence-corrected chi connectivity index (χ1v) is 17.0. The normalized spacial score (nSPS) is 15.5.